The van der Waals surface area contributed by atoms with Gasteiger partial charge < -0.3 is 10.1 Å². The maximum absolute atomic E-state index is 12.8. The van der Waals surface area contributed by atoms with Gasteiger partial charge in [-0.2, -0.15) is 4.31 Å². The first-order valence-corrected chi connectivity index (χ1v) is 10.3. The van der Waals surface area contributed by atoms with Gasteiger partial charge in [0.05, 0.1) is 0 Å². The fraction of sp³-hybridized carbons (Fsp3) is 0.316. The molecule has 2 aromatic rings. The summed E-state index contributed by atoms with van der Waals surface area (Å²) in [5.74, 6) is -1.02. The number of halogens is 3. The van der Waals surface area contributed by atoms with E-state index in [9.17, 15) is 26.4 Å². The monoisotopic (exact) mass is 428 g/mol. The van der Waals surface area contributed by atoms with Gasteiger partial charge in [-0.1, -0.05) is 30.3 Å². The largest absolute Gasteiger partial charge is 0.573 e. The van der Waals surface area contributed by atoms with Crippen molar-refractivity contribution < 1.29 is 31.1 Å². The molecule has 3 rings (SSSR count). The van der Waals surface area contributed by atoms with Gasteiger partial charge in [-0.25, -0.2) is 8.42 Å². The molecule has 0 unspecified atom stereocenters. The topological polar surface area (TPSA) is 75.7 Å². The zero-order valence-corrected chi connectivity index (χ0v) is 16.0. The van der Waals surface area contributed by atoms with E-state index in [0.29, 0.717) is 18.4 Å². The van der Waals surface area contributed by atoms with Crippen LogP contribution in [0, 0.1) is 0 Å². The van der Waals surface area contributed by atoms with E-state index in [0.717, 1.165) is 16.4 Å². The molecule has 0 bridgehead atoms. The van der Waals surface area contributed by atoms with Crippen LogP contribution in [0.2, 0.25) is 0 Å². The fourth-order valence-corrected chi connectivity index (χ4v) is 4.69. The van der Waals surface area contributed by atoms with Gasteiger partial charge in [0.15, 0.2) is 0 Å². The molecule has 10 heteroatoms. The lowest BCUT2D eigenvalue weighted by Crippen LogP contribution is -2.46. The predicted molar refractivity (Wildman–Crippen MR) is 98.8 cm³/mol. The number of hydrogen-bond donors (Lipinski definition) is 1. The molecule has 0 saturated carbocycles. The number of ether oxygens (including phenoxy) is 1. The molecular formula is C19H19F3N2O4S. The van der Waals surface area contributed by atoms with Crippen LogP contribution in [0.1, 0.15) is 23.2 Å². The molecule has 0 radical (unpaired) electrons. The van der Waals surface area contributed by atoms with Crippen LogP contribution in [0.25, 0.3) is 0 Å². The Kier molecular flexibility index (Phi) is 6.13. The van der Waals surface area contributed by atoms with Crippen LogP contribution in [0.4, 0.5) is 13.2 Å². The highest BCUT2D eigenvalue weighted by molar-refractivity contribution is 7.89. The number of para-hydroxylation sites is 1. The van der Waals surface area contributed by atoms with Crippen molar-refractivity contribution in [2.45, 2.75) is 30.1 Å². The molecule has 1 fully saturated rings. The van der Waals surface area contributed by atoms with E-state index in [2.05, 4.69) is 10.1 Å². The van der Waals surface area contributed by atoms with Gasteiger partial charge >= 0.3 is 6.36 Å². The molecule has 1 heterocycles. The van der Waals surface area contributed by atoms with Gasteiger partial charge in [-0.05, 0) is 37.1 Å². The van der Waals surface area contributed by atoms with Gasteiger partial charge in [0, 0.05) is 24.7 Å². The average molecular weight is 428 g/mol. The van der Waals surface area contributed by atoms with Crippen LogP contribution < -0.4 is 10.1 Å². The van der Waals surface area contributed by atoms with Crippen LogP contribution in [0.5, 0.6) is 5.75 Å². The molecule has 0 aromatic heterocycles. The lowest BCUT2D eigenvalue weighted by atomic mass is 10.1. The van der Waals surface area contributed by atoms with Crippen molar-refractivity contribution >= 4 is 15.9 Å². The Morgan fingerprint density at radius 1 is 1.00 bits per heavy atom. The van der Waals surface area contributed by atoms with E-state index in [1.807, 2.05) is 0 Å². The van der Waals surface area contributed by atoms with Crippen molar-refractivity contribution in [2.75, 3.05) is 13.1 Å². The zero-order chi connectivity index (χ0) is 21.1. The SMILES string of the molecule is O=C(NC1CCN(S(=O)(=O)c2ccccc2OC(F)(F)F)CC1)c1ccccc1. The third-order valence-electron chi connectivity index (χ3n) is 4.52. The number of sulfonamides is 1. The van der Waals surface area contributed by atoms with Crippen LogP contribution in [0.3, 0.4) is 0 Å². The first kappa shape index (κ1) is 21.1. The summed E-state index contributed by atoms with van der Waals surface area (Å²) < 4.78 is 68.4. The summed E-state index contributed by atoms with van der Waals surface area (Å²) in [6.45, 7) is 0.144. The Morgan fingerprint density at radius 3 is 2.21 bits per heavy atom. The Hall–Kier alpha value is -2.59. The lowest BCUT2D eigenvalue weighted by Gasteiger charge is -2.32. The molecule has 1 N–H and O–H groups in total. The minimum absolute atomic E-state index is 0.0718. The van der Waals surface area contributed by atoms with E-state index in [1.165, 1.54) is 12.1 Å². The maximum Gasteiger partial charge on any atom is 0.573 e. The second-order valence-electron chi connectivity index (χ2n) is 6.51. The molecular weight excluding hydrogens is 409 g/mol. The van der Waals surface area contributed by atoms with Crippen LogP contribution in [-0.4, -0.2) is 44.1 Å². The normalized spacial score (nSPS) is 16.4. The average Bonchev–Trinajstić information content (AvgIpc) is 2.68. The number of piperidine rings is 1. The van der Waals surface area contributed by atoms with Crippen molar-refractivity contribution in [2.24, 2.45) is 0 Å². The molecule has 29 heavy (non-hydrogen) atoms. The Balaban J connectivity index is 1.67. The zero-order valence-electron chi connectivity index (χ0n) is 15.2. The Morgan fingerprint density at radius 2 is 1.59 bits per heavy atom. The predicted octanol–water partition coefficient (Wildman–Crippen LogP) is 3.17. The highest BCUT2D eigenvalue weighted by Crippen LogP contribution is 2.32. The number of alkyl halides is 3. The van der Waals surface area contributed by atoms with Crippen molar-refractivity contribution in [1.29, 1.82) is 0 Å². The molecule has 0 spiro atoms. The lowest BCUT2D eigenvalue weighted by molar-refractivity contribution is -0.275. The van der Waals surface area contributed by atoms with Gasteiger partial charge in [-0.3, -0.25) is 4.79 Å². The van der Waals surface area contributed by atoms with E-state index < -0.39 is 27.0 Å². The molecule has 0 aliphatic carbocycles. The third-order valence-corrected chi connectivity index (χ3v) is 6.46. The summed E-state index contributed by atoms with van der Waals surface area (Å²) in [4.78, 5) is 11.7. The molecule has 1 saturated heterocycles. The summed E-state index contributed by atoms with van der Waals surface area (Å²) in [7, 11) is -4.17. The molecule has 1 aliphatic rings. The fourth-order valence-electron chi connectivity index (χ4n) is 3.11. The highest BCUT2D eigenvalue weighted by Gasteiger charge is 2.36. The van der Waals surface area contributed by atoms with E-state index in [4.69, 9.17) is 0 Å². The Bertz CT molecular complexity index is 957. The minimum Gasteiger partial charge on any atom is -0.404 e. The first-order valence-electron chi connectivity index (χ1n) is 8.88. The van der Waals surface area contributed by atoms with Gasteiger partial charge in [0.1, 0.15) is 10.6 Å². The number of benzene rings is 2. The van der Waals surface area contributed by atoms with E-state index in [-0.39, 0.29) is 25.0 Å². The summed E-state index contributed by atoms with van der Waals surface area (Å²) in [5, 5.41) is 2.86. The molecule has 2 aromatic carbocycles. The number of amides is 1. The quantitative estimate of drug-likeness (QED) is 0.794. The minimum atomic E-state index is -5.00. The molecule has 156 valence electrons. The van der Waals surface area contributed by atoms with Crippen LogP contribution >= 0.6 is 0 Å². The first-order chi connectivity index (χ1) is 13.7. The highest BCUT2D eigenvalue weighted by atomic mass is 32.2. The van der Waals surface area contributed by atoms with Gasteiger partial charge in [-0.15, -0.1) is 13.2 Å². The Labute approximate surface area is 166 Å². The number of carbonyl (C=O) groups is 1. The van der Waals surface area contributed by atoms with Gasteiger partial charge in [0.25, 0.3) is 5.91 Å². The summed E-state index contributed by atoms with van der Waals surface area (Å²) in [5.41, 5.74) is 0.501. The number of rotatable bonds is 5. The number of hydrogen-bond acceptors (Lipinski definition) is 4. The molecule has 1 amide bonds. The van der Waals surface area contributed by atoms with Crippen LogP contribution in [-0.2, 0) is 10.0 Å². The van der Waals surface area contributed by atoms with Crippen LogP contribution in [0.15, 0.2) is 59.5 Å². The summed E-state index contributed by atoms with van der Waals surface area (Å²) in [6, 6.07) is 13.0. The third kappa shape index (κ3) is 5.27. The maximum atomic E-state index is 12.8. The molecule has 6 nitrogen and oxygen atoms in total. The summed E-state index contributed by atoms with van der Waals surface area (Å²) >= 11 is 0. The smallest absolute Gasteiger partial charge is 0.404 e. The standard InChI is InChI=1S/C19H19F3N2O4S/c20-19(21,22)28-16-8-4-5-9-17(16)29(26,27)24-12-10-15(11-13-24)23-18(25)14-6-2-1-3-7-14/h1-9,15H,10-13H2,(H,23,25). The van der Waals surface area contributed by atoms with Crippen molar-refractivity contribution in [1.82, 2.24) is 9.62 Å². The van der Waals surface area contributed by atoms with Crippen molar-refractivity contribution in [3.63, 3.8) is 0 Å². The number of carbonyl (C=O) groups excluding carboxylic acids is 1. The second kappa shape index (κ2) is 8.42. The van der Waals surface area contributed by atoms with Crippen molar-refractivity contribution in [3.8, 4) is 5.75 Å². The van der Waals surface area contributed by atoms with E-state index >= 15 is 0 Å². The number of nitrogens with zero attached hydrogens (tertiary/aromatic N) is 1. The summed E-state index contributed by atoms with van der Waals surface area (Å²) in [6.07, 6.45) is -4.31. The van der Waals surface area contributed by atoms with E-state index in [1.54, 1.807) is 30.3 Å². The molecule has 1 aliphatic heterocycles. The van der Waals surface area contributed by atoms with Crippen molar-refractivity contribution in [3.05, 3.63) is 60.2 Å². The van der Waals surface area contributed by atoms with Gasteiger partial charge in [0.2, 0.25) is 10.0 Å². The number of nitrogens with one attached hydrogen (secondary N) is 1. The molecule has 0 atom stereocenters. The second-order valence-corrected chi connectivity index (χ2v) is 8.42.